The minimum Gasteiger partial charge on any atom is -0.318 e. The Balaban J connectivity index is 1.89. The average molecular weight is 393 g/mol. The fourth-order valence-corrected chi connectivity index (χ4v) is 3.66. The zero-order chi connectivity index (χ0) is 19.9. The van der Waals surface area contributed by atoms with Crippen LogP contribution in [-0.2, 0) is 16.6 Å². The third-order valence-corrected chi connectivity index (χ3v) is 5.39. The van der Waals surface area contributed by atoms with E-state index in [9.17, 15) is 18.5 Å². The SMILES string of the molecule is CN(CCCNS(=O)(=O)c1ccc(NN)c([N+](=O)[O-])c1)Cc1ccccc1. The highest BCUT2D eigenvalue weighted by molar-refractivity contribution is 7.89. The number of hydrogen-bond donors (Lipinski definition) is 3. The lowest BCUT2D eigenvalue weighted by Gasteiger charge is -2.16. The van der Waals surface area contributed by atoms with Crippen molar-refractivity contribution in [3.8, 4) is 0 Å². The van der Waals surface area contributed by atoms with E-state index in [1.54, 1.807) is 0 Å². The summed E-state index contributed by atoms with van der Waals surface area (Å²) in [6.45, 7) is 1.70. The second kappa shape index (κ2) is 9.42. The van der Waals surface area contributed by atoms with Gasteiger partial charge in [-0.2, -0.15) is 0 Å². The van der Waals surface area contributed by atoms with Gasteiger partial charge >= 0.3 is 0 Å². The molecule has 0 atom stereocenters. The van der Waals surface area contributed by atoms with E-state index in [1.807, 2.05) is 37.4 Å². The molecule has 4 N–H and O–H groups in total. The van der Waals surface area contributed by atoms with Gasteiger partial charge in [0.2, 0.25) is 10.0 Å². The highest BCUT2D eigenvalue weighted by Crippen LogP contribution is 2.26. The molecule has 0 unspecified atom stereocenters. The highest BCUT2D eigenvalue weighted by atomic mass is 32.2. The van der Waals surface area contributed by atoms with Gasteiger partial charge in [0.1, 0.15) is 5.69 Å². The van der Waals surface area contributed by atoms with E-state index in [1.165, 1.54) is 17.7 Å². The van der Waals surface area contributed by atoms with Crippen LogP contribution in [0.1, 0.15) is 12.0 Å². The van der Waals surface area contributed by atoms with Crippen LogP contribution in [0.15, 0.2) is 53.4 Å². The lowest BCUT2D eigenvalue weighted by molar-refractivity contribution is -0.384. The maximum atomic E-state index is 12.3. The van der Waals surface area contributed by atoms with Gasteiger partial charge in [-0.3, -0.25) is 16.0 Å². The average Bonchev–Trinajstić information content (AvgIpc) is 2.65. The molecule has 0 aromatic heterocycles. The molecule has 0 heterocycles. The molecule has 2 rings (SSSR count). The number of nitrogens with one attached hydrogen (secondary N) is 2. The van der Waals surface area contributed by atoms with E-state index in [2.05, 4.69) is 15.0 Å². The van der Waals surface area contributed by atoms with Crippen molar-refractivity contribution in [1.29, 1.82) is 0 Å². The molecule has 0 aliphatic rings. The number of hydrogen-bond acceptors (Lipinski definition) is 7. The van der Waals surface area contributed by atoms with Crippen LogP contribution < -0.4 is 16.0 Å². The molecule has 146 valence electrons. The highest BCUT2D eigenvalue weighted by Gasteiger charge is 2.20. The summed E-state index contributed by atoms with van der Waals surface area (Å²) in [5.74, 6) is 5.21. The second-order valence-corrected chi connectivity index (χ2v) is 7.82. The fraction of sp³-hybridized carbons (Fsp3) is 0.294. The number of nitrogen functional groups attached to an aromatic ring is 1. The van der Waals surface area contributed by atoms with E-state index in [0.717, 1.165) is 12.6 Å². The topological polar surface area (TPSA) is 131 Å². The third kappa shape index (κ3) is 6.00. The van der Waals surface area contributed by atoms with E-state index < -0.39 is 20.6 Å². The Morgan fingerprint density at radius 3 is 2.52 bits per heavy atom. The quantitative estimate of drug-likeness (QED) is 0.242. The maximum Gasteiger partial charge on any atom is 0.294 e. The van der Waals surface area contributed by atoms with Gasteiger partial charge in [0.15, 0.2) is 0 Å². The molecule has 2 aromatic carbocycles. The zero-order valence-corrected chi connectivity index (χ0v) is 15.8. The molecule has 27 heavy (non-hydrogen) atoms. The molecule has 0 aliphatic heterocycles. The monoisotopic (exact) mass is 393 g/mol. The number of hydrazine groups is 1. The summed E-state index contributed by atoms with van der Waals surface area (Å²) in [4.78, 5) is 12.3. The molecule has 0 spiro atoms. The van der Waals surface area contributed by atoms with Gasteiger partial charge in [-0.1, -0.05) is 30.3 Å². The predicted octanol–water partition coefficient (Wildman–Crippen LogP) is 1.68. The van der Waals surface area contributed by atoms with Crippen molar-refractivity contribution in [3.63, 3.8) is 0 Å². The Bertz CT molecular complexity index is 874. The molecular formula is C17H23N5O4S. The molecule has 2 aromatic rings. The lowest BCUT2D eigenvalue weighted by Crippen LogP contribution is -2.28. The summed E-state index contributed by atoms with van der Waals surface area (Å²) in [7, 11) is -1.88. The number of nitrogens with two attached hydrogens (primary N) is 1. The van der Waals surface area contributed by atoms with Gasteiger partial charge in [0, 0.05) is 19.2 Å². The van der Waals surface area contributed by atoms with Gasteiger partial charge in [-0.15, -0.1) is 0 Å². The van der Waals surface area contributed by atoms with Crippen LogP contribution in [0, 0.1) is 10.1 Å². The van der Waals surface area contributed by atoms with Gasteiger partial charge in [-0.25, -0.2) is 13.1 Å². The summed E-state index contributed by atoms with van der Waals surface area (Å²) in [5.41, 5.74) is 3.00. The van der Waals surface area contributed by atoms with Crippen LogP contribution in [0.5, 0.6) is 0 Å². The Morgan fingerprint density at radius 1 is 1.19 bits per heavy atom. The maximum absolute atomic E-state index is 12.3. The molecule has 0 saturated carbocycles. The molecule has 9 nitrogen and oxygen atoms in total. The van der Waals surface area contributed by atoms with E-state index in [4.69, 9.17) is 5.84 Å². The molecule has 10 heteroatoms. The van der Waals surface area contributed by atoms with E-state index >= 15 is 0 Å². The van der Waals surface area contributed by atoms with Gasteiger partial charge in [0.25, 0.3) is 5.69 Å². The minimum absolute atomic E-state index is 0.0430. The van der Waals surface area contributed by atoms with Crippen LogP contribution in [0.2, 0.25) is 0 Å². The summed E-state index contributed by atoms with van der Waals surface area (Å²) in [6, 6.07) is 13.5. The molecule has 0 saturated heterocycles. The summed E-state index contributed by atoms with van der Waals surface area (Å²) >= 11 is 0. The number of nitro benzene ring substituents is 1. The Morgan fingerprint density at radius 2 is 1.89 bits per heavy atom. The molecule has 0 radical (unpaired) electrons. The van der Waals surface area contributed by atoms with Gasteiger partial charge < -0.3 is 10.3 Å². The predicted molar refractivity (Wildman–Crippen MR) is 103 cm³/mol. The van der Waals surface area contributed by atoms with Crippen molar-refractivity contribution in [3.05, 3.63) is 64.2 Å². The number of nitro groups is 1. The second-order valence-electron chi connectivity index (χ2n) is 6.06. The molecule has 0 fully saturated rings. The van der Waals surface area contributed by atoms with Crippen molar-refractivity contribution in [2.75, 3.05) is 25.6 Å². The van der Waals surface area contributed by atoms with Crippen LogP contribution in [0.25, 0.3) is 0 Å². The minimum atomic E-state index is -3.84. The number of nitrogens with zero attached hydrogens (tertiary/aromatic N) is 2. The first-order chi connectivity index (χ1) is 12.8. The smallest absolute Gasteiger partial charge is 0.294 e. The Labute approximate surface area is 158 Å². The van der Waals surface area contributed by atoms with Crippen LogP contribution in [-0.4, -0.2) is 38.4 Å². The van der Waals surface area contributed by atoms with Crippen molar-refractivity contribution >= 4 is 21.4 Å². The summed E-state index contributed by atoms with van der Waals surface area (Å²) in [5, 5.41) is 11.0. The van der Waals surface area contributed by atoms with E-state index in [0.29, 0.717) is 13.0 Å². The summed E-state index contributed by atoms with van der Waals surface area (Å²) in [6.07, 6.45) is 0.604. The standard InChI is InChI=1S/C17H23N5O4S/c1-21(13-14-6-3-2-4-7-14)11-5-10-19-27(25,26)15-8-9-16(20-18)17(12-15)22(23)24/h2-4,6-9,12,19-20H,5,10-11,13,18H2,1H3. The number of anilines is 1. The molecule has 0 bridgehead atoms. The van der Waals surface area contributed by atoms with Gasteiger partial charge in [-0.05, 0) is 37.7 Å². The normalized spacial score (nSPS) is 11.5. The van der Waals surface area contributed by atoms with E-state index in [-0.39, 0.29) is 17.1 Å². The first kappa shape index (κ1) is 20.8. The molecular weight excluding hydrogens is 370 g/mol. The Kier molecular flexibility index (Phi) is 7.25. The molecule has 0 aliphatic carbocycles. The number of sulfonamides is 1. The van der Waals surface area contributed by atoms with Crippen LogP contribution in [0.4, 0.5) is 11.4 Å². The van der Waals surface area contributed by atoms with Crippen LogP contribution in [0.3, 0.4) is 0 Å². The number of benzene rings is 2. The van der Waals surface area contributed by atoms with Crippen molar-refractivity contribution in [2.24, 2.45) is 5.84 Å². The lowest BCUT2D eigenvalue weighted by atomic mass is 10.2. The Hall–Kier alpha value is -2.53. The van der Waals surface area contributed by atoms with Crippen molar-refractivity contribution in [1.82, 2.24) is 9.62 Å². The van der Waals surface area contributed by atoms with Crippen LogP contribution >= 0.6 is 0 Å². The fourth-order valence-electron chi connectivity index (χ4n) is 2.56. The first-order valence-corrected chi connectivity index (χ1v) is 9.79. The molecule has 0 amide bonds. The van der Waals surface area contributed by atoms with Crippen molar-refractivity contribution in [2.45, 2.75) is 17.9 Å². The third-order valence-electron chi connectivity index (χ3n) is 3.94. The first-order valence-electron chi connectivity index (χ1n) is 8.30. The largest absolute Gasteiger partial charge is 0.318 e. The zero-order valence-electron chi connectivity index (χ0n) is 15.0. The van der Waals surface area contributed by atoms with Crippen molar-refractivity contribution < 1.29 is 13.3 Å². The van der Waals surface area contributed by atoms with Gasteiger partial charge in [0.05, 0.1) is 9.82 Å². The summed E-state index contributed by atoms with van der Waals surface area (Å²) < 4.78 is 27.2. The number of rotatable bonds is 10.